The summed E-state index contributed by atoms with van der Waals surface area (Å²) in [5.74, 6) is -1.29. The van der Waals surface area contributed by atoms with E-state index < -0.39 is 11.6 Å². The second-order valence-corrected chi connectivity index (χ2v) is 3.47. The summed E-state index contributed by atoms with van der Waals surface area (Å²) in [4.78, 5) is 22.6. The number of para-hydroxylation sites is 1. The zero-order chi connectivity index (χ0) is 12.4. The van der Waals surface area contributed by atoms with Gasteiger partial charge in [-0.3, -0.25) is 0 Å². The van der Waals surface area contributed by atoms with Crippen LogP contribution in [-0.4, -0.2) is 17.6 Å². The predicted octanol–water partition coefficient (Wildman–Crippen LogP) is 1.92. The van der Waals surface area contributed by atoms with Gasteiger partial charge in [0.1, 0.15) is 5.58 Å². The van der Waals surface area contributed by atoms with Crippen LogP contribution >= 0.6 is 0 Å². The molecule has 0 aliphatic rings. The Balaban J connectivity index is 2.88. The van der Waals surface area contributed by atoms with Crippen molar-refractivity contribution in [3.8, 4) is 0 Å². The third-order valence-corrected chi connectivity index (χ3v) is 2.38. The molecule has 1 aromatic carbocycles. The van der Waals surface area contributed by atoms with Crippen LogP contribution in [-0.2, 0) is 0 Å². The smallest absolute Gasteiger partial charge is 0.353 e. The first kappa shape index (κ1) is 11.2. The van der Waals surface area contributed by atoms with Crippen LogP contribution < -0.4 is 10.9 Å². The standard InChI is InChI=1S/C12H11NO4/c1-2-13-10-7-5-3-4-6-8(7)17-12(16)9(10)11(14)15/h3-6,13H,2H2,1H3,(H,14,15). The van der Waals surface area contributed by atoms with Gasteiger partial charge in [0, 0.05) is 11.9 Å². The minimum absolute atomic E-state index is 0.312. The van der Waals surface area contributed by atoms with E-state index in [4.69, 9.17) is 9.52 Å². The van der Waals surface area contributed by atoms with Crippen LogP contribution in [0.2, 0.25) is 0 Å². The molecule has 0 aliphatic carbocycles. The summed E-state index contributed by atoms with van der Waals surface area (Å²) in [5, 5.41) is 12.5. The summed E-state index contributed by atoms with van der Waals surface area (Å²) in [6.45, 7) is 2.35. The minimum Gasteiger partial charge on any atom is -0.477 e. The third-order valence-electron chi connectivity index (χ3n) is 2.38. The zero-order valence-electron chi connectivity index (χ0n) is 9.19. The molecule has 0 radical (unpaired) electrons. The van der Waals surface area contributed by atoms with Crippen molar-refractivity contribution < 1.29 is 14.3 Å². The maximum Gasteiger partial charge on any atom is 0.353 e. The highest BCUT2D eigenvalue weighted by Gasteiger charge is 2.19. The van der Waals surface area contributed by atoms with Gasteiger partial charge >= 0.3 is 11.6 Å². The number of carbonyl (C=O) groups is 1. The molecule has 0 bridgehead atoms. The van der Waals surface area contributed by atoms with Crippen molar-refractivity contribution in [2.24, 2.45) is 0 Å². The fourth-order valence-electron chi connectivity index (χ4n) is 1.70. The van der Waals surface area contributed by atoms with Crippen molar-refractivity contribution in [2.75, 3.05) is 11.9 Å². The number of anilines is 1. The summed E-state index contributed by atoms with van der Waals surface area (Å²) >= 11 is 0. The zero-order valence-corrected chi connectivity index (χ0v) is 9.19. The topological polar surface area (TPSA) is 79.5 Å². The molecule has 0 saturated carbocycles. The quantitative estimate of drug-likeness (QED) is 0.792. The van der Waals surface area contributed by atoms with Crippen LogP contribution in [0.1, 0.15) is 17.3 Å². The van der Waals surface area contributed by atoms with Crippen molar-refractivity contribution in [1.82, 2.24) is 0 Å². The first-order valence-electron chi connectivity index (χ1n) is 5.18. The predicted molar refractivity (Wildman–Crippen MR) is 63.6 cm³/mol. The van der Waals surface area contributed by atoms with Crippen molar-refractivity contribution in [3.05, 3.63) is 40.2 Å². The Morgan fingerprint density at radius 3 is 2.76 bits per heavy atom. The monoisotopic (exact) mass is 233 g/mol. The fourth-order valence-corrected chi connectivity index (χ4v) is 1.70. The van der Waals surface area contributed by atoms with E-state index in [0.717, 1.165) is 0 Å². The number of hydrogen-bond acceptors (Lipinski definition) is 4. The van der Waals surface area contributed by atoms with Crippen LogP contribution in [0.25, 0.3) is 11.0 Å². The minimum atomic E-state index is -1.29. The summed E-state index contributed by atoms with van der Waals surface area (Å²) in [6, 6.07) is 6.82. The Bertz CT molecular complexity index is 630. The van der Waals surface area contributed by atoms with Gasteiger partial charge in [-0.15, -0.1) is 0 Å². The van der Waals surface area contributed by atoms with Gasteiger partial charge in [0.2, 0.25) is 0 Å². The molecular formula is C12H11NO4. The maximum atomic E-state index is 11.6. The lowest BCUT2D eigenvalue weighted by molar-refractivity contribution is 0.0693. The second kappa shape index (κ2) is 4.29. The molecule has 0 spiro atoms. The Labute approximate surface area is 96.7 Å². The van der Waals surface area contributed by atoms with Crippen molar-refractivity contribution in [3.63, 3.8) is 0 Å². The van der Waals surface area contributed by atoms with Gasteiger partial charge in [0.05, 0.1) is 5.69 Å². The molecule has 17 heavy (non-hydrogen) atoms. The van der Waals surface area contributed by atoms with Gasteiger partial charge in [-0.05, 0) is 19.1 Å². The lowest BCUT2D eigenvalue weighted by Crippen LogP contribution is -2.17. The highest BCUT2D eigenvalue weighted by molar-refractivity contribution is 6.03. The number of carboxylic acid groups (broad SMARTS) is 1. The summed E-state index contributed by atoms with van der Waals surface area (Å²) in [5.41, 5.74) is -0.511. The van der Waals surface area contributed by atoms with Gasteiger partial charge in [-0.1, -0.05) is 12.1 Å². The van der Waals surface area contributed by atoms with Crippen molar-refractivity contribution >= 4 is 22.6 Å². The Morgan fingerprint density at radius 1 is 1.41 bits per heavy atom. The second-order valence-electron chi connectivity index (χ2n) is 3.47. The average molecular weight is 233 g/mol. The Kier molecular flexibility index (Phi) is 2.82. The van der Waals surface area contributed by atoms with E-state index in [1.807, 2.05) is 6.92 Å². The molecule has 0 amide bonds. The highest BCUT2D eigenvalue weighted by Crippen LogP contribution is 2.24. The van der Waals surface area contributed by atoms with E-state index in [9.17, 15) is 9.59 Å². The number of carboxylic acids is 1. The largest absolute Gasteiger partial charge is 0.477 e. The van der Waals surface area contributed by atoms with Crippen LogP contribution in [0.3, 0.4) is 0 Å². The Hall–Kier alpha value is -2.30. The average Bonchev–Trinajstić information content (AvgIpc) is 2.28. The number of hydrogen-bond donors (Lipinski definition) is 2. The number of rotatable bonds is 3. The van der Waals surface area contributed by atoms with E-state index >= 15 is 0 Å². The molecule has 1 heterocycles. The molecule has 5 heteroatoms. The summed E-state index contributed by atoms with van der Waals surface area (Å²) in [6.07, 6.45) is 0. The molecule has 88 valence electrons. The molecule has 2 N–H and O–H groups in total. The lowest BCUT2D eigenvalue weighted by Gasteiger charge is -2.09. The highest BCUT2D eigenvalue weighted by atomic mass is 16.4. The van der Waals surface area contributed by atoms with Gasteiger partial charge in [0.15, 0.2) is 5.56 Å². The number of aromatic carboxylic acids is 1. The number of fused-ring (bicyclic) bond motifs is 1. The molecule has 2 rings (SSSR count). The van der Waals surface area contributed by atoms with Crippen LogP contribution in [0, 0.1) is 0 Å². The number of nitrogens with one attached hydrogen (secondary N) is 1. The third kappa shape index (κ3) is 1.87. The van der Waals surface area contributed by atoms with E-state index in [1.165, 1.54) is 0 Å². The molecule has 0 aliphatic heterocycles. The van der Waals surface area contributed by atoms with E-state index in [2.05, 4.69) is 5.32 Å². The number of benzene rings is 1. The fraction of sp³-hybridized carbons (Fsp3) is 0.167. The summed E-state index contributed by atoms with van der Waals surface area (Å²) < 4.78 is 4.96. The molecule has 5 nitrogen and oxygen atoms in total. The first-order valence-corrected chi connectivity index (χ1v) is 5.18. The van der Waals surface area contributed by atoms with Crippen molar-refractivity contribution in [1.29, 1.82) is 0 Å². The van der Waals surface area contributed by atoms with Gasteiger partial charge in [-0.25, -0.2) is 9.59 Å². The lowest BCUT2D eigenvalue weighted by atomic mass is 10.1. The first-order chi connectivity index (χ1) is 8.15. The van der Waals surface area contributed by atoms with Crippen molar-refractivity contribution in [2.45, 2.75) is 6.92 Å². The maximum absolute atomic E-state index is 11.6. The summed E-state index contributed by atoms with van der Waals surface area (Å²) in [7, 11) is 0. The normalized spacial score (nSPS) is 10.4. The van der Waals surface area contributed by atoms with Crippen LogP contribution in [0.15, 0.2) is 33.5 Å². The molecule has 0 atom stereocenters. The van der Waals surface area contributed by atoms with Gasteiger partial charge in [0.25, 0.3) is 0 Å². The van der Waals surface area contributed by atoms with E-state index in [1.54, 1.807) is 24.3 Å². The Morgan fingerprint density at radius 2 is 2.12 bits per heavy atom. The van der Waals surface area contributed by atoms with Crippen LogP contribution in [0.5, 0.6) is 0 Å². The molecule has 0 fully saturated rings. The van der Waals surface area contributed by atoms with E-state index in [0.29, 0.717) is 23.2 Å². The van der Waals surface area contributed by atoms with E-state index in [-0.39, 0.29) is 5.56 Å². The molecular weight excluding hydrogens is 222 g/mol. The SMILES string of the molecule is CCNc1c(C(=O)O)c(=O)oc2ccccc12. The molecule has 2 aromatic rings. The van der Waals surface area contributed by atoms with Gasteiger partial charge in [-0.2, -0.15) is 0 Å². The van der Waals surface area contributed by atoms with Crippen LogP contribution in [0.4, 0.5) is 5.69 Å². The van der Waals surface area contributed by atoms with Gasteiger partial charge < -0.3 is 14.8 Å². The molecule has 1 aromatic heterocycles. The molecule has 0 saturated heterocycles. The molecule has 0 unspecified atom stereocenters.